The van der Waals surface area contributed by atoms with Crippen molar-refractivity contribution in [1.82, 2.24) is 20.6 Å². The first-order chi connectivity index (χ1) is 14.8. The highest BCUT2D eigenvalue weighted by molar-refractivity contribution is 5.95. The Balaban J connectivity index is 1.30. The Labute approximate surface area is 176 Å². The van der Waals surface area contributed by atoms with Crippen LogP contribution in [-0.4, -0.2) is 35.0 Å². The van der Waals surface area contributed by atoms with Crippen molar-refractivity contribution in [3.8, 4) is 22.4 Å². The number of nitrogens with one attached hydrogen (secondary N) is 4. The Morgan fingerprint density at radius 1 is 0.933 bits per heavy atom. The molecule has 0 bridgehead atoms. The van der Waals surface area contributed by atoms with E-state index in [-0.39, 0.29) is 11.9 Å². The fourth-order valence-corrected chi connectivity index (χ4v) is 4.33. The van der Waals surface area contributed by atoms with E-state index in [2.05, 4.69) is 56.3 Å². The number of carbonyl (C=O) groups excluding carboxylic acids is 1. The fourth-order valence-electron chi connectivity index (χ4n) is 4.33. The number of hydrogen-bond donors (Lipinski definition) is 4. The topological polar surface area (TPSA) is 81.8 Å². The van der Waals surface area contributed by atoms with E-state index < -0.39 is 0 Å². The van der Waals surface area contributed by atoms with Crippen molar-refractivity contribution < 1.29 is 4.79 Å². The van der Waals surface area contributed by atoms with E-state index in [0.717, 1.165) is 66.2 Å². The van der Waals surface area contributed by atoms with E-state index in [1.165, 1.54) is 6.42 Å². The number of rotatable bonds is 5. The average molecular weight is 402 g/mol. The summed E-state index contributed by atoms with van der Waals surface area (Å²) in [5.74, 6) is 1.07. The monoisotopic (exact) mass is 401 g/mol. The van der Waals surface area contributed by atoms with Crippen LogP contribution in [0.5, 0.6) is 0 Å². The van der Waals surface area contributed by atoms with Crippen molar-refractivity contribution in [2.45, 2.75) is 37.8 Å². The summed E-state index contributed by atoms with van der Waals surface area (Å²) in [7, 11) is 0. The number of aromatic amines is 1. The molecule has 3 heterocycles. The minimum atomic E-state index is -0.0772. The van der Waals surface area contributed by atoms with E-state index in [0.29, 0.717) is 6.04 Å². The third kappa shape index (κ3) is 4.01. The SMILES string of the molecule is O=C(Nc1cccc(-c2ccc(-c3cnc(C4CCCN4)[nH]3)cc2)c1)C1CCCN1. The molecule has 154 valence electrons. The summed E-state index contributed by atoms with van der Waals surface area (Å²) in [6, 6.07) is 16.7. The molecule has 2 aliphatic rings. The molecule has 5 rings (SSSR count). The van der Waals surface area contributed by atoms with Crippen LogP contribution >= 0.6 is 0 Å². The summed E-state index contributed by atoms with van der Waals surface area (Å²) in [6.45, 7) is 1.98. The van der Waals surface area contributed by atoms with Gasteiger partial charge in [-0.2, -0.15) is 0 Å². The van der Waals surface area contributed by atoms with Crippen molar-refractivity contribution in [3.63, 3.8) is 0 Å². The predicted octanol–water partition coefficient (Wildman–Crippen LogP) is 3.86. The van der Waals surface area contributed by atoms with Gasteiger partial charge < -0.3 is 20.9 Å². The first kappa shape index (κ1) is 19.0. The molecule has 2 aliphatic heterocycles. The molecule has 3 aromatic rings. The zero-order valence-electron chi connectivity index (χ0n) is 16.9. The number of anilines is 1. The van der Waals surface area contributed by atoms with Gasteiger partial charge in [0.25, 0.3) is 0 Å². The zero-order valence-corrected chi connectivity index (χ0v) is 16.9. The molecule has 1 aromatic heterocycles. The Morgan fingerprint density at radius 2 is 1.73 bits per heavy atom. The number of nitrogens with zero attached hydrogens (tertiary/aromatic N) is 1. The lowest BCUT2D eigenvalue weighted by molar-refractivity contribution is -0.117. The van der Waals surface area contributed by atoms with Gasteiger partial charge in [0.2, 0.25) is 5.91 Å². The molecule has 0 radical (unpaired) electrons. The molecule has 2 unspecified atom stereocenters. The third-order valence-electron chi connectivity index (χ3n) is 6.02. The molecular weight excluding hydrogens is 374 g/mol. The molecule has 0 spiro atoms. The lowest BCUT2D eigenvalue weighted by atomic mass is 10.0. The lowest BCUT2D eigenvalue weighted by Crippen LogP contribution is -2.35. The Morgan fingerprint density at radius 3 is 2.50 bits per heavy atom. The summed E-state index contributed by atoms with van der Waals surface area (Å²) in [6.07, 6.45) is 6.21. The predicted molar refractivity (Wildman–Crippen MR) is 119 cm³/mol. The van der Waals surface area contributed by atoms with Crippen LogP contribution in [0.15, 0.2) is 54.7 Å². The summed E-state index contributed by atoms with van der Waals surface area (Å²) in [5.41, 5.74) is 5.19. The van der Waals surface area contributed by atoms with Gasteiger partial charge in [0.1, 0.15) is 5.82 Å². The molecule has 6 nitrogen and oxygen atoms in total. The molecule has 2 atom stereocenters. The van der Waals surface area contributed by atoms with E-state index >= 15 is 0 Å². The van der Waals surface area contributed by atoms with Crippen LogP contribution in [-0.2, 0) is 4.79 Å². The first-order valence-corrected chi connectivity index (χ1v) is 10.8. The highest BCUT2D eigenvalue weighted by atomic mass is 16.2. The van der Waals surface area contributed by atoms with Gasteiger partial charge >= 0.3 is 0 Å². The lowest BCUT2D eigenvalue weighted by Gasteiger charge is -2.12. The minimum Gasteiger partial charge on any atom is -0.341 e. The highest BCUT2D eigenvalue weighted by Gasteiger charge is 2.22. The highest BCUT2D eigenvalue weighted by Crippen LogP contribution is 2.28. The molecule has 0 aliphatic carbocycles. The van der Waals surface area contributed by atoms with E-state index in [1.807, 2.05) is 24.4 Å². The van der Waals surface area contributed by atoms with E-state index in [1.54, 1.807) is 0 Å². The Hall–Kier alpha value is -2.96. The normalized spacial score (nSPS) is 21.1. The second-order valence-electron chi connectivity index (χ2n) is 8.13. The van der Waals surface area contributed by atoms with Gasteiger partial charge in [-0.05, 0) is 67.6 Å². The molecule has 0 saturated carbocycles. The van der Waals surface area contributed by atoms with Gasteiger partial charge in [0, 0.05) is 5.69 Å². The van der Waals surface area contributed by atoms with Crippen molar-refractivity contribution in [1.29, 1.82) is 0 Å². The second kappa shape index (κ2) is 8.42. The van der Waals surface area contributed by atoms with Crippen molar-refractivity contribution in [2.75, 3.05) is 18.4 Å². The van der Waals surface area contributed by atoms with Crippen LogP contribution in [0.25, 0.3) is 22.4 Å². The number of carbonyl (C=O) groups is 1. The van der Waals surface area contributed by atoms with Gasteiger partial charge in [-0.1, -0.05) is 36.4 Å². The van der Waals surface area contributed by atoms with Crippen LogP contribution in [0.2, 0.25) is 0 Å². The largest absolute Gasteiger partial charge is 0.341 e. The van der Waals surface area contributed by atoms with Crippen LogP contribution in [0, 0.1) is 0 Å². The van der Waals surface area contributed by atoms with Crippen LogP contribution in [0.3, 0.4) is 0 Å². The maximum atomic E-state index is 12.4. The van der Waals surface area contributed by atoms with Gasteiger partial charge in [-0.15, -0.1) is 0 Å². The quantitative estimate of drug-likeness (QED) is 0.523. The molecule has 4 N–H and O–H groups in total. The van der Waals surface area contributed by atoms with Gasteiger partial charge in [-0.25, -0.2) is 4.98 Å². The smallest absolute Gasteiger partial charge is 0.241 e. The van der Waals surface area contributed by atoms with Crippen LogP contribution in [0.1, 0.15) is 37.5 Å². The third-order valence-corrected chi connectivity index (χ3v) is 6.02. The maximum Gasteiger partial charge on any atom is 0.241 e. The van der Waals surface area contributed by atoms with E-state index in [4.69, 9.17) is 0 Å². The molecule has 2 aromatic carbocycles. The number of benzene rings is 2. The first-order valence-electron chi connectivity index (χ1n) is 10.8. The average Bonchev–Trinajstić information content (AvgIpc) is 3.56. The maximum absolute atomic E-state index is 12.4. The van der Waals surface area contributed by atoms with Gasteiger partial charge in [0.15, 0.2) is 0 Å². The molecule has 6 heteroatoms. The summed E-state index contributed by atoms with van der Waals surface area (Å²) >= 11 is 0. The summed E-state index contributed by atoms with van der Waals surface area (Å²) in [4.78, 5) is 20.4. The molecule has 2 saturated heterocycles. The number of H-pyrrole nitrogens is 1. The molecule has 2 fully saturated rings. The van der Waals surface area contributed by atoms with Crippen molar-refractivity contribution in [2.24, 2.45) is 0 Å². The standard InChI is InChI=1S/C24H27N5O/c30-24(21-7-3-13-26-21)28-19-5-1-4-18(14-19)16-8-10-17(11-9-16)22-15-27-23(29-22)20-6-2-12-25-20/h1,4-5,8-11,14-15,20-21,25-26H,2-3,6-7,12-13H2,(H,27,29)(H,28,30). The van der Waals surface area contributed by atoms with Crippen LogP contribution < -0.4 is 16.0 Å². The number of imidazole rings is 1. The number of hydrogen-bond acceptors (Lipinski definition) is 4. The Bertz CT molecular complexity index is 1010. The van der Waals surface area contributed by atoms with Crippen molar-refractivity contribution in [3.05, 3.63) is 60.6 Å². The molecule has 30 heavy (non-hydrogen) atoms. The van der Waals surface area contributed by atoms with Gasteiger partial charge in [-0.3, -0.25) is 4.79 Å². The fraction of sp³-hybridized carbons (Fsp3) is 0.333. The molecular formula is C24H27N5O. The van der Waals surface area contributed by atoms with Gasteiger partial charge in [0.05, 0.1) is 24.0 Å². The van der Waals surface area contributed by atoms with E-state index in [9.17, 15) is 4.79 Å². The van der Waals surface area contributed by atoms with Crippen molar-refractivity contribution >= 4 is 11.6 Å². The number of aromatic nitrogens is 2. The Kier molecular flexibility index (Phi) is 5.34. The zero-order chi connectivity index (χ0) is 20.3. The summed E-state index contributed by atoms with van der Waals surface area (Å²) in [5, 5.41) is 9.76. The second-order valence-corrected chi connectivity index (χ2v) is 8.13. The molecule has 1 amide bonds. The summed E-state index contributed by atoms with van der Waals surface area (Å²) < 4.78 is 0. The number of amides is 1. The minimum absolute atomic E-state index is 0.0480. The van der Waals surface area contributed by atoms with Crippen LogP contribution in [0.4, 0.5) is 5.69 Å².